The summed E-state index contributed by atoms with van der Waals surface area (Å²) in [6.07, 6.45) is 0. The van der Waals surface area contributed by atoms with Gasteiger partial charge in [-0.25, -0.2) is 4.79 Å². The van der Waals surface area contributed by atoms with Crippen LogP contribution in [0.15, 0.2) is 24.3 Å². The number of carbonyl (C=O) groups is 2. The first kappa shape index (κ1) is 14.8. The number of hydrogen-bond donors (Lipinski definition) is 3. The molecule has 6 heteroatoms. The van der Waals surface area contributed by atoms with Crippen molar-refractivity contribution in [2.75, 3.05) is 18.5 Å². The van der Waals surface area contributed by atoms with Gasteiger partial charge in [0.2, 0.25) is 5.91 Å². The average Bonchev–Trinajstić information content (AvgIpc) is 2.34. The summed E-state index contributed by atoms with van der Waals surface area (Å²) in [7, 11) is 0. The molecule has 0 aromatic heterocycles. The van der Waals surface area contributed by atoms with Gasteiger partial charge in [0.15, 0.2) is 0 Å². The van der Waals surface area contributed by atoms with E-state index in [9.17, 15) is 9.59 Å². The summed E-state index contributed by atoms with van der Waals surface area (Å²) in [5.74, 6) is -0.750. The molecule has 1 atom stereocenters. The van der Waals surface area contributed by atoms with Crippen molar-refractivity contribution in [1.82, 2.24) is 5.32 Å². The first-order chi connectivity index (χ1) is 9.02. The maximum Gasteiger partial charge on any atom is 0.328 e. The van der Waals surface area contributed by atoms with E-state index < -0.39 is 12.0 Å². The second-order valence-electron chi connectivity index (χ2n) is 3.93. The van der Waals surface area contributed by atoms with Crippen LogP contribution in [-0.4, -0.2) is 36.2 Å². The molecule has 0 radical (unpaired) electrons. The van der Waals surface area contributed by atoms with E-state index in [0.29, 0.717) is 12.4 Å². The molecule has 104 valence electrons. The molecule has 0 aliphatic carbocycles. The Kier molecular flexibility index (Phi) is 5.66. The van der Waals surface area contributed by atoms with Crippen molar-refractivity contribution in [1.29, 1.82) is 0 Å². The molecule has 0 spiro atoms. The lowest BCUT2D eigenvalue weighted by molar-refractivity contribution is -0.141. The zero-order valence-electron chi connectivity index (χ0n) is 11.0. The second kappa shape index (κ2) is 7.25. The van der Waals surface area contributed by atoms with Crippen molar-refractivity contribution in [2.45, 2.75) is 19.9 Å². The topological polar surface area (TPSA) is 87.7 Å². The van der Waals surface area contributed by atoms with Gasteiger partial charge in [-0.2, -0.15) is 0 Å². The van der Waals surface area contributed by atoms with Gasteiger partial charge in [-0.1, -0.05) is 6.07 Å². The molecule has 0 aliphatic heterocycles. The minimum Gasteiger partial charge on any atom is -0.494 e. The summed E-state index contributed by atoms with van der Waals surface area (Å²) in [5.41, 5.74) is 0.738. The van der Waals surface area contributed by atoms with Crippen molar-refractivity contribution in [3.63, 3.8) is 0 Å². The maximum atomic E-state index is 10.9. The highest BCUT2D eigenvalue weighted by molar-refractivity contribution is 5.82. The lowest BCUT2D eigenvalue weighted by Gasteiger charge is -2.15. The van der Waals surface area contributed by atoms with Crippen molar-refractivity contribution in [3.8, 4) is 5.75 Å². The van der Waals surface area contributed by atoms with Crippen LogP contribution in [-0.2, 0) is 9.59 Å². The molecule has 0 saturated carbocycles. The molecular weight excluding hydrogens is 248 g/mol. The van der Waals surface area contributed by atoms with Crippen LogP contribution in [0.2, 0.25) is 0 Å². The third-order valence-electron chi connectivity index (χ3n) is 2.33. The van der Waals surface area contributed by atoms with Crippen molar-refractivity contribution in [2.24, 2.45) is 0 Å². The molecule has 0 bridgehead atoms. The number of aliphatic carboxylic acids is 1. The highest BCUT2D eigenvalue weighted by atomic mass is 16.5. The van der Waals surface area contributed by atoms with E-state index in [-0.39, 0.29) is 12.5 Å². The Bertz CT molecular complexity index is 448. The van der Waals surface area contributed by atoms with Crippen molar-refractivity contribution < 1.29 is 19.4 Å². The number of rotatable bonds is 7. The number of amides is 1. The summed E-state index contributed by atoms with van der Waals surface area (Å²) in [4.78, 5) is 21.8. The minimum atomic E-state index is -1.08. The Morgan fingerprint density at radius 1 is 1.42 bits per heavy atom. The molecule has 19 heavy (non-hydrogen) atoms. The fraction of sp³-hybridized carbons (Fsp3) is 0.385. The van der Waals surface area contributed by atoms with Gasteiger partial charge in [0.1, 0.15) is 11.8 Å². The second-order valence-corrected chi connectivity index (χ2v) is 3.93. The average molecular weight is 266 g/mol. The number of nitrogens with one attached hydrogen (secondary N) is 2. The molecule has 0 heterocycles. The Hall–Kier alpha value is -2.24. The zero-order chi connectivity index (χ0) is 14.3. The standard InChI is InChI=1S/C13H18N2O4/c1-3-19-11-6-4-5-10(7-11)14-8-12(13(17)18)15-9(2)16/h4-7,12,14H,3,8H2,1-2H3,(H,15,16)(H,17,18). The number of anilines is 1. The SMILES string of the molecule is CCOc1cccc(NCC(NC(C)=O)C(=O)O)c1. The van der Waals surface area contributed by atoms with Crippen LogP contribution in [0.3, 0.4) is 0 Å². The molecule has 1 aromatic carbocycles. The predicted molar refractivity (Wildman–Crippen MR) is 71.3 cm³/mol. The fourth-order valence-electron chi connectivity index (χ4n) is 1.53. The van der Waals surface area contributed by atoms with Crippen LogP contribution in [0, 0.1) is 0 Å². The van der Waals surface area contributed by atoms with Crippen LogP contribution in [0.5, 0.6) is 5.75 Å². The first-order valence-electron chi connectivity index (χ1n) is 5.99. The minimum absolute atomic E-state index is 0.102. The van der Waals surface area contributed by atoms with Gasteiger partial charge in [0.25, 0.3) is 0 Å². The molecule has 0 fully saturated rings. The lowest BCUT2D eigenvalue weighted by Crippen LogP contribution is -2.44. The lowest BCUT2D eigenvalue weighted by atomic mass is 10.2. The molecule has 1 aromatic rings. The molecule has 0 aliphatic rings. The van der Waals surface area contributed by atoms with Crippen molar-refractivity contribution >= 4 is 17.6 Å². The summed E-state index contributed by atoms with van der Waals surface area (Å²) < 4.78 is 5.34. The predicted octanol–water partition coefficient (Wildman–Crippen LogP) is 1.09. The van der Waals surface area contributed by atoms with Gasteiger partial charge in [-0.05, 0) is 19.1 Å². The first-order valence-corrected chi connectivity index (χ1v) is 5.99. The third-order valence-corrected chi connectivity index (χ3v) is 2.33. The van der Waals surface area contributed by atoms with E-state index >= 15 is 0 Å². The Labute approximate surface area is 111 Å². The van der Waals surface area contributed by atoms with Gasteiger partial charge in [0.05, 0.1) is 6.61 Å². The highest BCUT2D eigenvalue weighted by Crippen LogP contribution is 2.17. The van der Waals surface area contributed by atoms with Crippen LogP contribution in [0.1, 0.15) is 13.8 Å². The monoisotopic (exact) mass is 266 g/mol. The zero-order valence-corrected chi connectivity index (χ0v) is 11.0. The Morgan fingerprint density at radius 2 is 2.16 bits per heavy atom. The fourth-order valence-corrected chi connectivity index (χ4v) is 1.53. The van der Waals surface area contributed by atoms with E-state index in [2.05, 4.69) is 10.6 Å². The Balaban J connectivity index is 2.60. The maximum absolute atomic E-state index is 10.9. The number of carbonyl (C=O) groups excluding carboxylic acids is 1. The van der Waals surface area contributed by atoms with Crippen LogP contribution >= 0.6 is 0 Å². The van der Waals surface area contributed by atoms with Gasteiger partial charge in [-0.3, -0.25) is 4.79 Å². The summed E-state index contributed by atoms with van der Waals surface area (Å²) >= 11 is 0. The number of hydrogen-bond acceptors (Lipinski definition) is 4. The van der Waals surface area contributed by atoms with Gasteiger partial charge in [-0.15, -0.1) is 0 Å². The summed E-state index contributed by atoms with van der Waals surface area (Å²) in [6.45, 7) is 3.83. The van der Waals surface area contributed by atoms with E-state index in [1.165, 1.54) is 6.92 Å². The summed E-state index contributed by atoms with van der Waals surface area (Å²) in [6, 6.07) is 6.23. The van der Waals surface area contributed by atoms with Crippen molar-refractivity contribution in [3.05, 3.63) is 24.3 Å². The van der Waals surface area contributed by atoms with E-state index in [1.807, 2.05) is 19.1 Å². The van der Waals surface area contributed by atoms with E-state index in [4.69, 9.17) is 9.84 Å². The van der Waals surface area contributed by atoms with E-state index in [0.717, 1.165) is 5.69 Å². The number of benzene rings is 1. The molecule has 6 nitrogen and oxygen atoms in total. The van der Waals surface area contributed by atoms with Crippen LogP contribution in [0.4, 0.5) is 5.69 Å². The summed E-state index contributed by atoms with van der Waals surface area (Å²) in [5, 5.41) is 14.3. The van der Waals surface area contributed by atoms with Crippen LogP contribution < -0.4 is 15.4 Å². The highest BCUT2D eigenvalue weighted by Gasteiger charge is 2.17. The largest absolute Gasteiger partial charge is 0.494 e. The molecular formula is C13H18N2O4. The molecule has 1 rings (SSSR count). The molecule has 1 amide bonds. The Morgan fingerprint density at radius 3 is 2.74 bits per heavy atom. The number of carboxylic acids is 1. The molecule has 1 unspecified atom stereocenters. The third kappa shape index (κ3) is 5.29. The van der Waals surface area contributed by atoms with E-state index in [1.54, 1.807) is 12.1 Å². The number of ether oxygens (including phenoxy) is 1. The molecule has 3 N–H and O–H groups in total. The quantitative estimate of drug-likeness (QED) is 0.687. The number of carboxylic acid groups (broad SMARTS) is 1. The van der Waals surface area contributed by atoms with Gasteiger partial charge in [0, 0.05) is 25.2 Å². The normalized spacial score (nSPS) is 11.5. The van der Waals surface area contributed by atoms with Gasteiger partial charge >= 0.3 is 5.97 Å². The van der Waals surface area contributed by atoms with Gasteiger partial charge < -0.3 is 20.5 Å². The molecule has 0 saturated heterocycles. The van der Waals surface area contributed by atoms with Crippen LogP contribution in [0.25, 0.3) is 0 Å². The smallest absolute Gasteiger partial charge is 0.328 e.